The van der Waals surface area contributed by atoms with Crippen molar-refractivity contribution in [2.75, 3.05) is 6.61 Å². The smallest absolute Gasteiger partial charge is 0.261 e. The van der Waals surface area contributed by atoms with Crippen LogP contribution >= 0.6 is 15.9 Å². The van der Waals surface area contributed by atoms with E-state index in [4.69, 9.17) is 9.57 Å². The van der Waals surface area contributed by atoms with Crippen LogP contribution in [0.25, 0.3) is 10.9 Å². The van der Waals surface area contributed by atoms with Gasteiger partial charge in [-0.1, -0.05) is 15.9 Å². The number of carbonyl (C=O) groups is 1. The number of carbonyl (C=O) groups excluding carboxylic acids is 1. The molecule has 1 atom stereocenters. The highest BCUT2D eigenvalue weighted by Crippen LogP contribution is 2.15. The number of hydrogen-bond acceptors (Lipinski definition) is 5. The molecular weight excluding hydrogens is 378 g/mol. The Labute approximate surface area is 147 Å². The van der Waals surface area contributed by atoms with Crippen molar-refractivity contribution >= 4 is 32.7 Å². The van der Waals surface area contributed by atoms with Gasteiger partial charge in [-0.3, -0.25) is 14.2 Å². The van der Waals surface area contributed by atoms with E-state index in [0.717, 1.165) is 23.7 Å². The van der Waals surface area contributed by atoms with Gasteiger partial charge in [-0.15, -0.1) is 0 Å². The van der Waals surface area contributed by atoms with E-state index in [9.17, 15) is 9.59 Å². The molecule has 2 heterocycles. The number of nitrogens with one attached hydrogen (secondary N) is 1. The third-order valence-corrected chi connectivity index (χ3v) is 4.30. The molecule has 0 saturated carbocycles. The highest BCUT2D eigenvalue weighted by atomic mass is 79.9. The molecule has 1 amide bonds. The Morgan fingerprint density at radius 2 is 2.33 bits per heavy atom. The Balaban J connectivity index is 1.57. The zero-order valence-corrected chi connectivity index (χ0v) is 14.6. The summed E-state index contributed by atoms with van der Waals surface area (Å²) in [7, 11) is 0. The SMILES string of the molecule is O=C(CCn1cnc2ccc(Br)cc2c1=O)NOC1CCCCO1. The molecule has 8 heteroatoms. The van der Waals surface area contributed by atoms with Gasteiger partial charge in [-0.2, -0.15) is 0 Å². The highest BCUT2D eigenvalue weighted by molar-refractivity contribution is 9.10. The Hall–Kier alpha value is -1.77. The number of rotatable bonds is 5. The average molecular weight is 396 g/mol. The van der Waals surface area contributed by atoms with Crippen LogP contribution in [0.5, 0.6) is 0 Å². The van der Waals surface area contributed by atoms with Crippen molar-refractivity contribution in [2.45, 2.75) is 38.5 Å². The normalized spacial score (nSPS) is 17.8. The van der Waals surface area contributed by atoms with Crippen LogP contribution in [0.1, 0.15) is 25.7 Å². The molecule has 1 fully saturated rings. The van der Waals surface area contributed by atoms with Crippen molar-refractivity contribution in [3.05, 3.63) is 39.4 Å². The summed E-state index contributed by atoms with van der Waals surface area (Å²) in [4.78, 5) is 33.7. The van der Waals surface area contributed by atoms with E-state index in [0.29, 0.717) is 17.5 Å². The first kappa shape index (κ1) is 17.1. The van der Waals surface area contributed by atoms with Crippen molar-refractivity contribution in [2.24, 2.45) is 0 Å². The molecule has 0 bridgehead atoms. The van der Waals surface area contributed by atoms with Crippen LogP contribution < -0.4 is 11.0 Å². The first-order chi connectivity index (χ1) is 11.6. The Morgan fingerprint density at radius 1 is 1.46 bits per heavy atom. The fourth-order valence-corrected chi connectivity index (χ4v) is 2.86. The first-order valence-electron chi connectivity index (χ1n) is 7.84. The van der Waals surface area contributed by atoms with E-state index in [1.165, 1.54) is 10.9 Å². The van der Waals surface area contributed by atoms with Gasteiger partial charge in [0.25, 0.3) is 5.56 Å². The number of aromatic nitrogens is 2. The standard InChI is InChI=1S/C16H18BrN3O4/c17-11-4-5-13-12(9-11)16(22)20(10-18-13)7-6-14(21)19-24-15-3-1-2-8-23-15/h4-5,9-10,15H,1-3,6-8H2,(H,19,21). The number of nitrogens with zero attached hydrogens (tertiary/aromatic N) is 2. The lowest BCUT2D eigenvalue weighted by molar-refractivity contribution is -0.200. The molecule has 128 valence electrons. The van der Waals surface area contributed by atoms with Crippen LogP contribution in [-0.2, 0) is 20.9 Å². The molecule has 3 rings (SSSR count). The molecule has 24 heavy (non-hydrogen) atoms. The second-order valence-corrected chi connectivity index (χ2v) is 6.51. The van der Waals surface area contributed by atoms with Crippen LogP contribution in [0.15, 0.2) is 33.8 Å². The number of halogens is 1. The lowest BCUT2D eigenvalue weighted by Crippen LogP contribution is -2.34. The third kappa shape index (κ3) is 4.19. The number of amides is 1. The predicted octanol–water partition coefficient (Wildman–Crippen LogP) is 2.12. The summed E-state index contributed by atoms with van der Waals surface area (Å²) in [5.74, 6) is -0.301. The van der Waals surface area contributed by atoms with Gasteiger partial charge in [0.15, 0.2) is 6.29 Å². The molecule has 1 aliphatic rings. The lowest BCUT2D eigenvalue weighted by atomic mass is 10.2. The van der Waals surface area contributed by atoms with Gasteiger partial charge in [0.1, 0.15) is 0 Å². The van der Waals surface area contributed by atoms with Crippen molar-refractivity contribution in [1.82, 2.24) is 15.0 Å². The van der Waals surface area contributed by atoms with E-state index in [-0.39, 0.29) is 30.7 Å². The Bertz CT molecular complexity index is 786. The molecule has 1 N–H and O–H groups in total. The topological polar surface area (TPSA) is 82.5 Å². The Kier molecular flexibility index (Phi) is 5.60. The Morgan fingerprint density at radius 3 is 3.12 bits per heavy atom. The molecule has 2 aromatic rings. The fraction of sp³-hybridized carbons (Fsp3) is 0.438. The molecule has 1 unspecified atom stereocenters. The van der Waals surface area contributed by atoms with Gasteiger partial charge in [-0.05, 0) is 31.0 Å². The zero-order chi connectivity index (χ0) is 16.9. The lowest BCUT2D eigenvalue weighted by Gasteiger charge is -2.22. The van der Waals surface area contributed by atoms with Crippen molar-refractivity contribution in [1.29, 1.82) is 0 Å². The van der Waals surface area contributed by atoms with Crippen LogP contribution in [-0.4, -0.2) is 28.4 Å². The van der Waals surface area contributed by atoms with Gasteiger partial charge < -0.3 is 4.74 Å². The number of hydrogen-bond donors (Lipinski definition) is 1. The average Bonchev–Trinajstić information content (AvgIpc) is 2.61. The monoisotopic (exact) mass is 395 g/mol. The summed E-state index contributed by atoms with van der Waals surface area (Å²) in [6.07, 6.45) is 3.99. The highest BCUT2D eigenvalue weighted by Gasteiger charge is 2.15. The molecular formula is C16H18BrN3O4. The summed E-state index contributed by atoms with van der Waals surface area (Å²) in [5.41, 5.74) is 2.83. The van der Waals surface area contributed by atoms with Gasteiger partial charge in [-0.25, -0.2) is 15.3 Å². The van der Waals surface area contributed by atoms with Gasteiger partial charge in [0.2, 0.25) is 5.91 Å². The summed E-state index contributed by atoms with van der Waals surface area (Å²) in [5, 5.41) is 0.513. The molecule has 0 aliphatic carbocycles. The minimum absolute atomic E-state index is 0.119. The van der Waals surface area contributed by atoms with Crippen LogP contribution in [0.3, 0.4) is 0 Å². The maximum atomic E-state index is 12.4. The summed E-state index contributed by atoms with van der Waals surface area (Å²) < 4.78 is 7.60. The van der Waals surface area contributed by atoms with E-state index >= 15 is 0 Å². The van der Waals surface area contributed by atoms with Crippen molar-refractivity contribution in [3.8, 4) is 0 Å². The zero-order valence-electron chi connectivity index (χ0n) is 13.0. The number of benzene rings is 1. The largest absolute Gasteiger partial charge is 0.350 e. The van der Waals surface area contributed by atoms with E-state index in [1.54, 1.807) is 12.1 Å². The third-order valence-electron chi connectivity index (χ3n) is 3.81. The quantitative estimate of drug-likeness (QED) is 0.783. The minimum atomic E-state index is -0.384. The van der Waals surface area contributed by atoms with Crippen molar-refractivity contribution < 1.29 is 14.4 Å². The second kappa shape index (κ2) is 7.87. The number of ether oxygens (including phenoxy) is 1. The summed E-state index contributed by atoms with van der Waals surface area (Å²) in [6, 6.07) is 5.33. The summed E-state index contributed by atoms with van der Waals surface area (Å²) in [6.45, 7) is 0.878. The molecule has 1 aromatic heterocycles. The van der Waals surface area contributed by atoms with Crippen LogP contribution in [0.4, 0.5) is 0 Å². The molecule has 1 aliphatic heterocycles. The molecule has 0 spiro atoms. The summed E-state index contributed by atoms with van der Waals surface area (Å²) >= 11 is 3.34. The molecule has 1 aromatic carbocycles. The first-order valence-corrected chi connectivity index (χ1v) is 8.63. The van der Waals surface area contributed by atoms with Gasteiger partial charge >= 0.3 is 0 Å². The van der Waals surface area contributed by atoms with Gasteiger partial charge in [0, 0.05) is 30.5 Å². The van der Waals surface area contributed by atoms with Crippen LogP contribution in [0, 0.1) is 0 Å². The van der Waals surface area contributed by atoms with Crippen LogP contribution in [0.2, 0.25) is 0 Å². The van der Waals surface area contributed by atoms with E-state index in [1.807, 2.05) is 6.07 Å². The molecule has 0 radical (unpaired) electrons. The van der Waals surface area contributed by atoms with Gasteiger partial charge in [0.05, 0.1) is 17.2 Å². The second-order valence-electron chi connectivity index (χ2n) is 5.59. The van der Waals surface area contributed by atoms with E-state index < -0.39 is 0 Å². The predicted molar refractivity (Wildman–Crippen MR) is 91.1 cm³/mol. The molecule has 7 nitrogen and oxygen atoms in total. The maximum Gasteiger partial charge on any atom is 0.261 e. The minimum Gasteiger partial charge on any atom is -0.350 e. The molecule has 1 saturated heterocycles. The number of aryl methyl sites for hydroxylation is 1. The number of fused-ring (bicyclic) bond motifs is 1. The number of hydroxylamine groups is 1. The van der Waals surface area contributed by atoms with E-state index in [2.05, 4.69) is 26.4 Å². The van der Waals surface area contributed by atoms with Crippen molar-refractivity contribution in [3.63, 3.8) is 0 Å². The maximum absolute atomic E-state index is 12.4. The fourth-order valence-electron chi connectivity index (χ4n) is 2.50.